The topological polar surface area (TPSA) is 130 Å². The van der Waals surface area contributed by atoms with Gasteiger partial charge in [0.15, 0.2) is 5.75 Å². The van der Waals surface area contributed by atoms with Crippen molar-refractivity contribution >= 4 is 58.5 Å². The minimum absolute atomic E-state index is 0.0354. The second kappa shape index (κ2) is 7.29. The molecule has 4 amide bonds. The first kappa shape index (κ1) is 19.3. The van der Waals surface area contributed by atoms with Crippen LogP contribution in [0.1, 0.15) is 5.56 Å². The van der Waals surface area contributed by atoms with Gasteiger partial charge in [-0.25, -0.2) is 9.69 Å². The highest BCUT2D eigenvalue weighted by Gasteiger charge is 2.38. The van der Waals surface area contributed by atoms with Gasteiger partial charge >= 0.3 is 11.7 Å². The third-order valence-corrected chi connectivity index (χ3v) is 4.59. The number of phenolic OH excluding ortho intramolecular Hbond substituents is 1. The Bertz CT molecular complexity index is 1080. The molecule has 0 unspecified atom stereocenters. The lowest BCUT2D eigenvalue weighted by Gasteiger charge is -2.27. The number of carbonyl (C=O) groups is 3. The molecular formula is C17H9Cl2N3O6. The number of barbiturate groups is 1. The molecule has 2 N–H and O–H groups in total. The van der Waals surface area contributed by atoms with E-state index in [0.29, 0.717) is 4.90 Å². The Hall–Kier alpha value is -3.43. The lowest BCUT2D eigenvalue weighted by Crippen LogP contribution is -2.54. The summed E-state index contributed by atoms with van der Waals surface area (Å²) in [6, 6.07) is 6.56. The van der Waals surface area contributed by atoms with Crippen LogP contribution < -0.4 is 10.2 Å². The summed E-state index contributed by atoms with van der Waals surface area (Å²) in [6.45, 7) is 0. The van der Waals surface area contributed by atoms with Crippen LogP contribution in [-0.4, -0.2) is 27.9 Å². The van der Waals surface area contributed by atoms with E-state index in [1.165, 1.54) is 24.3 Å². The first-order valence-corrected chi connectivity index (χ1v) is 8.29. The zero-order valence-corrected chi connectivity index (χ0v) is 15.2. The molecule has 0 atom stereocenters. The Kier molecular flexibility index (Phi) is 5.04. The van der Waals surface area contributed by atoms with Crippen LogP contribution in [0.25, 0.3) is 6.08 Å². The average molecular weight is 422 g/mol. The summed E-state index contributed by atoms with van der Waals surface area (Å²) in [4.78, 5) is 47.9. The van der Waals surface area contributed by atoms with Gasteiger partial charge in [-0.2, -0.15) is 0 Å². The van der Waals surface area contributed by atoms with Crippen LogP contribution in [0.5, 0.6) is 5.75 Å². The molecule has 0 aromatic heterocycles. The fraction of sp³-hybridized carbons (Fsp3) is 0. The smallest absolute Gasteiger partial charge is 0.336 e. The summed E-state index contributed by atoms with van der Waals surface area (Å²) in [7, 11) is 0. The molecule has 1 saturated heterocycles. The quantitative estimate of drug-likeness (QED) is 0.338. The van der Waals surface area contributed by atoms with Gasteiger partial charge in [0.25, 0.3) is 11.8 Å². The van der Waals surface area contributed by atoms with Crippen molar-refractivity contribution < 1.29 is 24.4 Å². The number of carbonyl (C=O) groups excluding carboxylic acids is 3. The maximum absolute atomic E-state index is 12.8. The van der Waals surface area contributed by atoms with Crippen molar-refractivity contribution in [3.8, 4) is 5.75 Å². The third-order valence-electron chi connectivity index (χ3n) is 3.78. The van der Waals surface area contributed by atoms with Crippen LogP contribution >= 0.6 is 23.2 Å². The number of nitrogens with zero attached hydrogens (tertiary/aromatic N) is 2. The fourth-order valence-electron chi connectivity index (χ4n) is 2.48. The Morgan fingerprint density at radius 2 is 1.86 bits per heavy atom. The van der Waals surface area contributed by atoms with E-state index in [2.05, 4.69) is 0 Å². The van der Waals surface area contributed by atoms with Crippen molar-refractivity contribution in [2.24, 2.45) is 0 Å². The number of phenols is 1. The van der Waals surface area contributed by atoms with E-state index in [-0.39, 0.29) is 21.3 Å². The molecule has 142 valence electrons. The molecule has 3 rings (SSSR count). The summed E-state index contributed by atoms with van der Waals surface area (Å²) in [5.41, 5.74) is -1.01. The maximum atomic E-state index is 12.8. The van der Waals surface area contributed by atoms with E-state index in [1.54, 1.807) is 0 Å². The summed E-state index contributed by atoms with van der Waals surface area (Å²) in [5.74, 6) is -2.55. The molecule has 0 saturated carbocycles. The van der Waals surface area contributed by atoms with Gasteiger partial charge in [0.05, 0.1) is 20.7 Å². The molecule has 1 fully saturated rings. The second-order valence-electron chi connectivity index (χ2n) is 5.54. The first-order valence-electron chi connectivity index (χ1n) is 7.53. The normalized spacial score (nSPS) is 15.7. The molecule has 1 heterocycles. The highest BCUT2D eigenvalue weighted by Crippen LogP contribution is 2.34. The van der Waals surface area contributed by atoms with Crippen LogP contribution in [-0.2, 0) is 9.59 Å². The highest BCUT2D eigenvalue weighted by molar-refractivity contribution is 6.46. The Morgan fingerprint density at radius 1 is 1.14 bits per heavy atom. The molecule has 11 heteroatoms. The molecule has 0 spiro atoms. The molecule has 0 radical (unpaired) electrons. The molecule has 0 bridgehead atoms. The van der Waals surface area contributed by atoms with Gasteiger partial charge in [0.1, 0.15) is 5.57 Å². The van der Waals surface area contributed by atoms with E-state index >= 15 is 0 Å². The van der Waals surface area contributed by atoms with Crippen molar-refractivity contribution in [2.75, 3.05) is 4.90 Å². The van der Waals surface area contributed by atoms with E-state index in [1.807, 2.05) is 5.32 Å². The monoisotopic (exact) mass is 421 g/mol. The van der Waals surface area contributed by atoms with Crippen molar-refractivity contribution in [1.29, 1.82) is 0 Å². The molecule has 28 heavy (non-hydrogen) atoms. The van der Waals surface area contributed by atoms with Crippen LogP contribution in [0.15, 0.2) is 42.0 Å². The molecule has 2 aromatic carbocycles. The predicted molar refractivity (Wildman–Crippen MR) is 100 cm³/mol. The van der Waals surface area contributed by atoms with Crippen molar-refractivity contribution in [3.63, 3.8) is 0 Å². The number of halogens is 2. The molecule has 2 aromatic rings. The minimum Gasteiger partial charge on any atom is -0.502 e. The number of benzene rings is 2. The maximum Gasteiger partial charge on any atom is 0.336 e. The molecule has 1 aliphatic heterocycles. The summed E-state index contributed by atoms with van der Waals surface area (Å²) < 4.78 is 0. The SMILES string of the molecule is O=C1NC(=O)N(c2cccc(Cl)c2Cl)C(=O)/C1=C/c1ccc(O)c([N+](=O)[O-])c1. The van der Waals surface area contributed by atoms with E-state index in [0.717, 1.165) is 18.2 Å². The largest absolute Gasteiger partial charge is 0.502 e. The number of aromatic hydroxyl groups is 1. The summed E-state index contributed by atoms with van der Waals surface area (Å²) in [6.07, 6.45) is 1.06. The summed E-state index contributed by atoms with van der Waals surface area (Å²) >= 11 is 12.0. The standard InChI is InChI=1S/C17H9Cl2N3O6/c18-10-2-1-3-11(14(10)19)21-16(25)9(15(24)20-17(21)26)6-8-4-5-13(23)12(7-8)22(27)28/h1-7,23H,(H,20,24,26)/b9-6+. The molecular weight excluding hydrogens is 413 g/mol. The highest BCUT2D eigenvalue weighted by atomic mass is 35.5. The number of hydrogen-bond donors (Lipinski definition) is 2. The fourth-order valence-corrected chi connectivity index (χ4v) is 2.86. The van der Waals surface area contributed by atoms with Gasteiger partial charge in [-0.05, 0) is 29.8 Å². The van der Waals surface area contributed by atoms with E-state index < -0.39 is 39.8 Å². The lowest BCUT2D eigenvalue weighted by molar-refractivity contribution is -0.385. The van der Waals surface area contributed by atoms with Crippen LogP contribution in [0.2, 0.25) is 10.0 Å². The van der Waals surface area contributed by atoms with Gasteiger partial charge in [-0.1, -0.05) is 35.3 Å². The van der Waals surface area contributed by atoms with Gasteiger partial charge in [0.2, 0.25) is 0 Å². The van der Waals surface area contributed by atoms with Crippen molar-refractivity contribution in [3.05, 3.63) is 67.7 Å². The summed E-state index contributed by atoms with van der Waals surface area (Å²) in [5, 5.41) is 22.5. The average Bonchev–Trinajstić information content (AvgIpc) is 2.63. The first-order chi connectivity index (χ1) is 13.2. The third kappa shape index (κ3) is 3.40. The number of urea groups is 1. The van der Waals surface area contributed by atoms with Gasteiger partial charge in [-0.15, -0.1) is 0 Å². The van der Waals surface area contributed by atoms with Crippen LogP contribution in [0.4, 0.5) is 16.2 Å². The number of anilines is 1. The van der Waals surface area contributed by atoms with E-state index in [4.69, 9.17) is 23.2 Å². The Balaban J connectivity index is 2.08. The molecule has 0 aliphatic carbocycles. The number of hydrogen-bond acceptors (Lipinski definition) is 6. The Labute approximate surface area is 166 Å². The molecule has 1 aliphatic rings. The van der Waals surface area contributed by atoms with Crippen LogP contribution in [0, 0.1) is 10.1 Å². The number of imide groups is 2. The minimum atomic E-state index is -1.02. The Morgan fingerprint density at radius 3 is 2.54 bits per heavy atom. The van der Waals surface area contributed by atoms with Gasteiger partial charge < -0.3 is 5.11 Å². The van der Waals surface area contributed by atoms with Crippen molar-refractivity contribution in [2.45, 2.75) is 0 Å². The van der Waals surface area contributed by atoms with E-state index in [9.17, 15) is 29.6 Å². The number of rotatable bonds is 3. The number of nitrogens with one attached hydrogen (secondary N) is 1. The zero-order chi connectivity index (χ0) is 20.6. The number of nitro groups is 1. The second-order valence-corrected chi connectivity index (χ2v) is 6.32. The van der Waals surface area contributed by atoms with Gasteiger partial charge in [0, 0.05) is 6.07 Å². The number of amides is 4. The van der Waals surface area contributed by atoms with Crippen molar-refractivity contribution in [1.82, 2.24) is 5.32 Å². The number of nitro benzene ring substituents is 1. The molecule has 9 nitrogen and oxygen atoms in total. The lowest BCUT2D eigenvalue weighted by atomic mass is 10.1. The van der Waals surface area contributed by atoms with Gasteiger partial charge in [-0.3, -0.25) is 25.0 Å². The predicted octanol–water partition coefficient (Wildman–Crippen LogP) is 3.27. The zero-order valence-electron chi connectivity index (χ0n) is 13.7. The van der Waals surface area contributed by atoms with Crippen LogP contribution in [0.3, 0.4) is 0 Å².